The summed E-state index contributed by atoms with van der Waals surface area (Å²) in [7, 11) is 0. The molecule has 16 heavy (non-hydrogen) atoms. The van der Waals surface area contributed by atoms with Crippen molar-refractivity contribution in [2.75, 3.05) is 12.3 Å². The van der Waals surface area contributed by atoms with Crippen LogP contribution < -0.4 is 11.1 Å². The first-order chi connectivity index (χ1) is 7.59. The maximum Gasteiger partial charge on any atom is 0.216 e. The molecule has 1 amide bonds. The molecule has 0 saturated carbocycles. The Morgan fingerprint density at radius 2 is 2.31 bits per heavy atom. The number of halogens is 1. The number of nitrogen functional groups attached to an aromatic ring is 1. The van der Waals surface area contributed by atoms with Crippen LogP contribution in [-0.2, 0) is 4.79 Å². The molecular weight excluding hydrogens is 207 g/mol. The predicted molar refractivity (Wildman–Crippen MR) is 61.0 cm³/mol. The number of amides is 1. The van der Waals surface area contributed by atoms with Crippen LogP contribution in [0.4, 0.5) is 10.1 Å². The molecule has 0 heterocycles. The van der Waals surface area contributed by atoms with Crippen LogP contribution in [0.25, 0.3) is 0 Å². The summed E-state index contributed by atoms with van der Waals surface area (Å²) >= 11 is 0. The molecule has 0 saturated heterocycles. The third-order valence-electron chi connectivity index (χ3n) is 1.85. The molecule has 4 heteroatoms. The van der Waals surface area contributed by atoms with Crippen LogP contribution in [0, 0.1) is 17.7 Å². The maximum atomic E-state index is 12.8. The van der Waals surface area contributed by atoms with E-state index in [9.17, 15) is 9.18 Å². The lowest BCUT2D eigenvalue weighted by atomic mass is 10.2. The molecule has 0 bridgehead atoms. The van der Waals surface area contributed by atoms with Gasteiger partial charge in [-0.25, -0.2) is 4.39 Å². The smallest absolute Gasteiger partial charge is 0.216 e. The van der Waals surface area contributed by atoms with Gasteiger partial charge in [0.15, 0.2) is 0 Å². The van der Waals surface area contributed by atoms with E-state index in [2.05, 4.69) is 17.2 Å². The topological polar surface area (TPSA) is 55.1 Å². The van der Waals surface area contributed by atoms with E-state index in [0.29, 0.717) is 18.5 Å². The fourth-order valence-corrected chi connectivity index (χ4v) is 1.09. The van der Waals surface area contributed by atoms with Crippen molar-refractivity contribution in [3.05, 3.63) is 29.6 Å². The number of carbonyl (C=O) groups is 1. The van der Waals surface area contributed by atoms with Crippen LogP contribution >= 0.6 is 0 Å². The van der Waals surface area contributed by atoms with E-state index in [1.807, 2.05) is 0 Å². The molecule has 0 atom stereocenters. The Bertz CT molecular complexity index is 446. The van der Waals surface area contributed by atoms with E-state index in [4.69, 9.17) is 5.73 Å². The first-order valence-corrected chi connectivity index (χ1v) is 4.88. The molecule has 0 fully saturated rings. The lowest BCUT2D eigenvalue weighted by Gasteiger charge is -1.96. The Labute approximate surface area is 93.8 Å². The van der Waals surface area contributed by atoms with Gasteiger partial charge in [0.05, 0.1) is 5.69 Å². The molecule has 0 aromatic heterocycles. The minimum atomic E-state index is -0.441. The standard InChI is InChI=1S/C12H13FN2O/c1-9(16)15-7-3-2-4-10-5-6-11(13)12(14)8-10/h5-6,8H,3,7,14H2,1H3,(H,15,16). The van der Waals surface area contributed by atoms with Crippen LogP contribution in [0.3, 0.4) is 0 Å². The normalized spacial score (nSPS) is 9.12. The van der Waals surface area contributed by atoms with E-state index in [1.165, 1.54) is 19.1 Å². The number of hydrogen-bond donors (Lipinski definition) is 2. The summed E-state index contributed by atoms with van der Waals surface area (Å²) in [6, 6.07) is 4.34. The highest BCUT2D eigenvalue weighted by atomic mass is 19.1. The number of hydrogen-bond acceptors (Lipinski definition) is 2. The molecule has 0 unspecified atom stereocenters. The fraction of sp³-hybridized carbons (Fsp3) is 0.250. The summed E-state index contributed by atoms with van der Waals surface area (Å²) in [4.78, 5) is 10.5. The SMILES string of the molecule is CC(=O)NCCC#Cc1ccc(F)c(N)c1. The minimum absolute atomic E-state index is 0.0761. The van der Waals surface area contributed by atoms with Gasteiger partial charge in [-0.3, -0.25) is 4.79 Å². The summed E-state index contributed by atoms with van der Waals surface area (Å²) in [5, 5.41) is 2.63. The van der Waals surface area contributed by atoms with Gasteiger partial charge in [-0.05, 0) is 18.2 Å². The summed E-state index contributed by atoms with van der Waals surface area (Å²) in [5.41, 5.74) is 6.15. The van der Waals surface area contributed by atoms with E-state index >= 15 is 0 Å². The molecule has 1 rings (SSSR count). The number of carbonyl (C=O) groups excluding carboxylic acids is 1. The van der Waals surface area contributed by atoms with Gasteiger partial charge in [0.1, 0.15) is 5.82 Å². The van der Waals surface area contributed by atoms with Crippen molar-refractivity contribution in [2.24, 2.45) is 0 Å². The van der Waals surface area contributed by atoms with Crippen LogP contribution in [0.1, 0.15) is 18.9 Å². The molecule has 0 radical (unpaired) electrons. The Hall–Kier alpha value is -2.02. The lowest BCUT2D eigenvalue weighted by molar-refractivity contribution is -0.118. The molecular formula is C12H13FN2O. The van der Waals surface area contributed by atoms with Crippen molar-refractivity contribution >= 4 is 11.6 Å². The van der Waals surface area contributed by atoms with Crippen LogP contribution in [0.5, 0.6) is 0 Å². The van der Waals surface area contributed by atoms with Crippen molar-refractivity contribution in [2.45, 2.75) is 13.3 Å². The predicted octanol–water partition coefficient (Wildman–Crippen LogP) is 1.29. The monoisotopic (exact) mass is 220 g/mol. The second-order valence-corrected chi connectivity index (χ2v) is 3.27. The molecule has 1 aromatic rings. The Morgan fingerprint density at radius 3 is 2.94 bits per heavy atom. The first-order valence-electron chi connectivity index (χ1n) is 4.88. The molecule has 3 N–H and O–H groups in total. The van der Waals surface area contributed by atoms with Gasteiger partial charge in [0.25, 0.3) is 0 Å². The molecule has 0 aliphatic carbocycles. The minimum Gasteiger partial charge on any atom is -0.396 e. The van der Waals surface area contributed by atoms with E-state index in [-0.39, 0.29) is 11.6 Å². The van der Waals surface area contributed by atoms with Gasteiger partial charge in [0, 0.05) is 25.5 Å². The average Bonchev–Trinajstić information content (AvgIpc) is 2.22. The number of anilines is 1. The maximum absolute atomic E-state index is 12.8. The van der Waals surface area contributed by atoms with E-state index in [0.717, 1.165) is 0 Å². The average molecular weight is 220 g/mol. The lowest BCUT2D eigenvalue weighted by Crippen LogP contribution is -2.20. The van der Waals surface area contributed by atoms with Crippen molar-refractivity contribution in [3.8, 4) is 11.8 Å². The summed E-state index contributed by atoms with van der Waals surface area (Å²) in [5.74, 6) is 5.18. The first kappa shape index (κ1) is 12.1. The molecule has 1 aromatic carbocycles. The summed E-state index contributed by atoms with van der Waals surface area (Å²) in [6.07, 6.45) is 0.552. The second kappa shape index (κ2) is 5.76. The third kappa shape index (κ3) is 4.01. The number of rotatable bonds is 2. The van der Waals surface area contributed by atoms with Crippen molar-refractivity contribution in [1.82, 2.24) is 5.32 Å². The molecule has 84 valence electrons. The largest absolute Gasteiger partial charge is 0.396 e. The Kier molecular flexibility index (Phi) is 4.34. The summed E-state index contributed by atoms with van der Waals surface area (Å²) in [6.45, 7) is 1.97. The Morgan fingerprint density at radius 1 is 1.56 bits per heavy atom. The highest BCUT2D eigenvalue weighted by Crippen LogP contribution is 2.10. The molecule has 0 spiro atoms. The molecule has 3 nitrogen and oxygen atoms in total. The molecule has 0 aliphatic heterocycles. The van der Waals surface area contributed by atoms with Crippen LogP contribution in [-0.4, -0.2) is 12.5 Å². The van der Waals surface area contributed by atoms with Gasteiger partial charge in [-0.15, -0.1) is 0 Å². The molecule has 0 aliphatic rings. The zero-order valence-electron chi connectivity index (χ0n) is 9.01. The van der Waals surface area contributed by atoms with Gasteiger partial charge in [-0.2, -0.15) is 0 Å². The highest BCUT2D eigenvalue weighted by Gasteiger charge is 1.96. The number of benzene rings is 1. The van der Waals surface area contributed by atoms with E-state index in [1.54, 1.807) is 6.07 Å². The quantitative estimate of drug-likeness (QED) is 0.448. The van der Waals surface area contributed by atoms with E-state index < -0.39 is 5.82 Å². The fourth-order valence-electron chi connectivity index (χ4n) is 1.09. The second-order valence-electron chi connectivity index (χ2n) is 3.27. The van der Waals surface area contributed by atoms with Crippen LogP contribution in [0.2, 0.25) is 0 Å². The van der Waals surface area contributed by atoms with Gasteiger partial charge >= 0.3 is 0 Å². The third-order valence-corrected chi connectivity index (χ3v) is 1.85. The van der Waals surface area contributed by atoms with Gasteiger partial charge < -0.3 is 11.1 Å². The van der Waals surface area contributed by atoms with Crippen molar-refractivity contribution in [3.63, 3.8) is 0 Å². The summed E-state index contributed by atoms with van der Waals surface area (Å²) < 4.78 is 12.8. The van der Waals surface area contributed by atoms with Gasteiger partial charge in [0.2, 0.25) is 5.91 Å². The van der Waals surface area contributed by atoms with Crippen molar-refractivity contribution in [1.29, 1.82) is 0 Å². The zero-order chi connectivity index (χ0) is 12.0. The van der Waals surface area contributed by atoms with Gasteiger partial charge in [-0.1, -0.05) is 11.8 Å². The zero-order valence-corrected chi connectivity index (χ0v) is 9.01. The van der Waals surface area contributed by atoms with Crippen molar-refractivity contribution < 1.29 is 9.18 Å². The number of nitrogens with two attached hydrogens (primary N) is 1. The van der Waals surface area contributed by atoms with Crippen LogP contribution in [0.15, 0.2) is 18.2 Å². The Balaban J connectivity index is 2.50. The number of nitrogens with one attached hydrogen (secondary N) is 1. The highest BCUT2D eigenvalue weighted by molar-refractivity contribution is 5.72.